The summed E-state index contributed by atoms with van der Waals surface area (Å²) in [5, 5.41) is 3.32. The summed E-state index contributed by atoms with van der Waals surface area (Å²) in [5.74, 6) is 0. The van der Waals surface area contributed by atoms with Gasteiger partial charge in [-0.25, -0.2) is 0 Å². The first-order chi connectivity index (χ1) is 7.72. The Kier molecular flexibility index (Phi) is 5.50. The predicted octanol–water partition coefficient (Wildman–Crippen LogP) is 2.93. The molecule has 0 saturated carbocycles. The Labute approximate surface area is 99.0 Å². The van der Waals surface area contributed by atoms with E-state index in [2.05, 4.69) is 43.4 Å². The second kappa shape index (κ2) is 6.66. The van der Waals surface area contributed by atoms with Crippen molar-refractivity contribution in [3.63, 3.8) is 0 Å². The third-order valence-electron chi connectivity index (χ3n) is 2.96. The van der Waals surface area contributed by atoms with Crippen LogP contribution in [0.15, 0.2) is 24.3 Å². The van der Waals surface area contributed by atoms with Gasteiger partial charge < -0.3 is 10.1 Å². The van der Waals surface area contributed by atoms with Gasteiger partial charge in [-0.3, -0.25) is 0 Å². The molecule has 1 aromatic carbocycles. The molecule has 0 aromatic heterocycles. The first-order valence-corrected chi connectivity index (χ1v) is 6.10. The molecule has 16 heavy (non-hydrogen) atoms. The highest BCUT2D eigenvalue weighted by Crippen LogP contribution is 2.19. The normalized spacial score (nSPS) is 14.8. The smallest absolute Gasteiger partial charge is 0.0741 e. The number of aryl methyl sites for hydroxylation is 1. The van der Waals surface area contributed by atoms with Crippen LogP contribution in [0.5, 0.6) is 0 Å². The summed E-state index contributed by atoms with van der Waals surface area (Å²) >= 11 is 0. The lowest BCUT2D eigenvalue weighted by Gasteiger charge is -2.24. The van der Waals surface area contributed by atoms with Gasteiger partial charge in [0.25, 0.3) is 0 Å². The molecule has 1 N–H and O–H groups in total. The van der Waals surface area contributed by atoms with Gasteiger partial charge in [-0.2, -0.15) is 0 Å². The third kappa shape index (κ3) is 3.32. The fraction of sp³-hybridized carbons (Fsp3) is 0.571. The predicted molar refractivity (Wildman–Crippen MR) is 68.7 cm³/mol. The lowest BCUT2D eigenvalue weighted by Crippen LogP contribution is -2.29. The van der Waals surface area contributed by atoms with E-state index in [4.69, 9.17) is 4.74 Å². The van der Waals surface area contributed by atoms with Crippen molar-refractivity contribution in [2.45, 2.75) is 39.3 Å². The second-order valence-corrected chi connectivity index (χ2v) is 4.02. The van der Waals surface area contributed by atoms with Crippen LogP contribution in [0.3, 0.4) is 0 Å². The summed E-state index contributed by atoms with van der Waals surface area (Å²) in [6.45, 7) is 7.07. The maximum Gasteiger partial charge on any atom is 0.0741 e. The number of ether oxygens (including phenoxy) is 1. The van der Waals surface area contributed by atoms with Gasteiger partial charge in [0, 0.05) is 6.61 Å². The van der Waals surface area contributed by atoms with E-state index < -0.39 is 0 Å². The van der Waals surface area contributed by atoms with Crippen LogP contribution in [0.1, 0.15) is 37.9 Å². The number of hydrogen-bond acceptors (Lipinski definition) is 2. The Hall–Kier alpha value is -0.860. The first kappa shape index (κ1) is 13.2. The van der Waals surface area contributed by atoms with Gasteiger partial charge in [0.05, 0.1) is 12.1 Å². The van der Waals surface area contributed by atoms with Crippen LogP contribution in [-0.4, -0.2) is 19.8 Å². The van der Waals surface area contributed by atoms with Gasteiger partial charge in [0.1, 0.15) is 0 Å². The van der Waals surface area contributed by atoms with Crippen molar-refractivity contribution in [1.82, 2.24) is 5.32 Å². The van der Waals surface area contributed by atoms with Crippen LogP contribution in [-0.2, 0) is 11.2 Å². The van der Waals surface area contributed by atoms with Gasteiger partial charge >= 0.3 is 0 Å². The van der Waals surface area contributed by atoms with Gasteiger partial charge in [0.15, 0.2) is 0 Å². The topological polar surface area (TPSA) is 21.3 Å². The third-order valence-corrected chi connectivity index (χ3v) is 2.96. The van der Waals surface area contributed by atoms with E-state index in [1.54, 1.807) is 0 Å². The average Bonchev–Trinajstić information content (AvgIpc) is 2.31. The molecule has 2 heteroatoms. The fourth-order valence-electron chi connectivity index (χ4n) is 1.99. The van der Waals surface area contributed by atoms with Crippen LogP contribution < -0.4 is 5.32 Å². The maximum absolute atomic E-state index is 5.64. The van der Waals surface area contributed by atoms with E-state index in [1.807, 2.05) is 14.0 Å². The van der Waals surface area contributed by atoms with E-state index in [-0.39, 0.29) is 12.1 Å². The van der Waals surface area contributed by atoms with E-state index in [0.717, 1.165) is 13.0 Å². The van der Waals surface area contributed by atoms with Gasteiger partial charge in [0.2, 0.25) is 0 Å². The van der Waals surface area contributed by atoms with Crippen LogP contribution in [0.2, 0.25) is 0 Å². The number of likely N-dealkylation sites (N-methyl/N-ethyl adjacent to an activating group) is 1. The van der Waals surface area contributed by atoms with Crippen LogP contribution in [0, 0.1) is 0 Å². The number of nitrogens with one attached hydrogen (secondary N) is 1. The quantitative estimate of drug-likeness (QED) is 0.797. The Bertz CT molecular complexity index is 294. The zero-order valence-electron chi connectivity index (χ0n) is 10.8. The number of benzene rings is 1. The molecule has 2 nitrogen and oxygen atoms in total. The van der Waals surface area contributed by atoms with E-state index in [9.17, 15) is 0 Å². The lowest BCUT2D eigenvalue weighted by atomic mass is 10.0. The Morgan fingerprint density at radius 3 is 2.25 bits per heavy atom. The standard InChI is InChI=1S/C14H23NO/c1-5-12-7-9-13(10-8-12)14(15-4)11(3)16-6-2/h7-11,14-15H,5-6H2,1-4H3. The molecule has 0 aliphatic rings. The summed E-state index contributed by atoms with van der Waals surface area (Å²) in [6, 6.07) is 9.03. The molecule has 0 radical (unpaired) electrons. The van der Waals surface area contributed by atoms with Crippen molar-refractivity contribution in [2.75, 3.05) is 13.7 Å². The number of rotatable bonds is 6. The van der Waals surface area contributed by atoms with E-state index >= 15 is 0 Å². The summed E-state index contributed by atoms with van der Waals surface area (Å²) in [6.07, 6.45) is 1.29. The molecule has 2 unspecified atom stereocenters. The molecular weight excluding hydrogens is 198 g/mol. The van der Waals surface area contributed by atoms with E-state index in [1.165, 1.54) is 11.1 Å². The highest BCUT2D eigenvalue weighted by atomic mass is 16.5. The Morgan fingerprint density at radius 1 is 1.19 bits per heavy atom. The molecule has 0 amide bonds. The SMILES string of the molecule is CCOC(C)C(NC)c1ccc(CC)cc1. The van der Waals surface area contributed by atoms with Gasteiger partial charge in [-0.05, 0) is 38.4 Å². The highest BCUT2D eigenvalue weighted by Gasteiger charge is 2.17. The minimum atomic E-state index is 0.197. The van der Waals surface area contributed by atoms with Gasteiger partial charge in [-0.15, -0.1) is 0 Å². The van der Waals surface area contributed by atoms with E-state index in [0.29, 0.717) is 0 Å². The molecule has 0 aliphatic carbocycles. The molecular formula is C14H23NO. The number of hydrogen-bond donors (Lipinski definition) is 1. The molecule has 1 aromatic rings. The molecule has 1 rings (SSSR count). The molecule has 0 spiro atoms. The summed E-state index contributed by atoms with van der Waals surface area (Å²) < 4.78 is 5.64. The zero-order valence-corrected chi connectivity index (χ0v) is 10.8. The molecule has 0 aliphatic heterocycles. The molecule has 2 atom stereocenters. The van der Waals surface area contributed by atoms with Crippen LogP contribution >= 0.6 is 0 Å². The minimum absolute atomic E-state index is 0.197. The molecule has 0 saturated heterocycles. The molecule has 90 valence electrons. The van der Waals surface area contributed by atoms with Crippen LogP contribution in [0.4, 0.5) is 0 Å². The zero-order chi connectivity index (χ0) is 12.0. The summed E-state index contributed by atoms with van der Waals surface area (Å²) in [4.78, 5) is 0. The van der Waals surface area contributed by atoms with Crippen molar-refractivity contribution < 1.29 is 4.74 Å². The summed E-state index contributed by atoms with van der Waals surface area (Å²) in [5.41, 5.74) is 2.67. The Balaban J connectivity index is 2.78. The van der Waals surface area contributed by atoms with Crippen molar-refractivity contribution >= 4 is 0 Å². The van der Waals surface area contributed by atoms with Crippen molar-refractivity contribution in [3.8, 4) is 0 Å². The first-order valence-electron chi connectivity index (χ1n) is 6.10. The minimum Gasteiger partial charge on any atom is -0.377 e. The van der Waals surface area contributed by atoms with Crippen molar-refractivity contribution in [2.24, 2.45) is 0 Å². The van der Waals surface area contributed by atoms with Crippen molar-refractivity contribution in [1.29, 1.82) is 0 Å². The summed E-state index contributed by atoms with van der Waals surface area (Å²) in [7, 11) is 1.98. The van der Waals surface area contributed by atoms with Crippen LogP contribution in [0.25, 0.3) is 0 Å². The molecule has 0 bridgehead atoms. The van der Waals surface area contributed by atoms with Gasteiger partial charge in [-0.1, -0.05) is 31.2 Å². The lowest BCUT2D eigenvalue weighted by molar-refractivity contribution is 0.0493. The molecule has 0 fully saturated rings. The Morgan fingerprint density at radius 2 is 1.81 bits per heavy atom. The second-order valence-electron chi connectivity index (χ2n) is 4.02. The largest absolute Gasteiger partial charge is 0.377 e. The highest BCUT2D eigenvalue weighted by molar-refractivity contribution is 5.25. The average molecular weight is 221 g/mol. The fourth-order valence-corrected chi connectivity index (χ4v) is 1.99. The maximum atomic E-state index is 5.64. The molecule has 0 heterocycles. The van der Waals surface area contributed by atoms with Crippen molar-refractivity contribution in [3.05, 3.63) is 35.4 Å². The monoisotopic (exact) mass is 221 g/mol.